The molecule has 0 spiro atoms. The second-order valence-electron chi connectivity index (χ2n) is 2.65. The number of hydrogen-bond acceptors (Lipinski definition) is 2. The van der Waals surface area contributed by atoms with Crippen molar-refractivity contribution in [1.29, 1.82) is 0 Å². The van der Waals surface area contributed by atoms with E-state index in [9.17, 15) is 0 Å². The molecule has 0 aliphatic rings. The van der Waals surface area contributed by atoms with Gasteiger partial charge in [-0.3, -0.25) is 0 Å². The molecule has 0 N–H and O–H groups in total. The van der Waals surface area contributed by atoms with Gasteiger partial charge in [0, 0.05) is 0 Å². The molecule has 0 bridgehead atoms. The van der Waals surface area contributed by atoms with E-state index in [1.54, 1.807) is 11.0 Å². The van der Waals surface area contributed by atoms with Crippen LogP contribution in [0, 0.1) is 0 Å². The summed E-state index contributed by atoms with van der Waals surface area (Å²) < 4.78 is 1.65. The van der Waals surface area contributed by atoms with Crippen molar-refractivity contribution < 1.29 is 0 Å². The van der Waals surface area contributed by atoms with E-state index >= 15 is 0 Å². The average Bonchev–Trinajstić information content (AvgIpc) is 2.71. The van der Waals surface area contributed by atoms with Crippen LogP contribution in [0.2, 0.25) is 0 Å². The predicted octanol–water partition coefficient (Wildman–Crippen LogP) is 1.80. The molecule has 3 nitrogen and oxygen atoms in total. The van der Waals surface area contributed by atoms with Crippen LogP contribution >= 0.6 is 0 Å². The van der Waals surface area contributed by atoms with Crippen molar-refractivity contribution in [3.05, 3.63) is 55.1 Å². The van der Waals surface area contributed by atoms with Crippen LogP contribution in [-0.2, 0) is 0 Å². The van der Waals surface area contributed by atoms with E-state index in [4.69, 9.17) is 0 Å². The monoisotopic (exact) mass is 171 g/mol. The summed E-state index contributed by atoms with van der Waals surface area (Å²) in [4.78, 5) is 3.86. The SMILES string of the molecule is C=C(c1ccccc1)n1cncn1. The Labute approximate surface area is 76.4 Å². The number of nitrogens with zero attached hydrogens (tertiary/aromatic N) is 3. The van der Waals surface area contributed by atoms with Crippen molar-refractivity contribution in [3.8, 4) is 0 Å². The van der Waals surface area contributed by atoms with E-state index in [0.717, 1.165) is 11.3 Å². The maximum absolute atomic E-state index is 4.00. The van der Waals surface area contributed by atoms with Crippen LogP contribution in [0.5, 0.6) is 0 Å². The molecule has 2 aromatic rings. The highest BCUT2D eigenvalue weighted by Crippen LogP contribution is 2.11. The van der Waals surface area contributed by atoms with Crippen LogP contribution in [0.3, 0.4) is 0 Å². The highest BCUT2D eigenvalue weighted by Gasteiger charge is 1.99. The summed E-state index contributed by atoms with van der Waals surface area (Å²) in [5.41, 5.74) is 1.88. The Morgan fingerprint density at radius 1 is 1.23 bits per heavy atom. The molecule has 64 valence electrons. The van der Waals surface area contributed by atoms with E-state index in [0.29, 0.717) is 0 Å². The van der Waals surface area contributed by atoms with Gasteiger partial charge in [-0.05, 0) is 5.56 Å². The van der Waals surface area contributed by atoms with Crippen LogP contribution in [-0.4, -0.2) is 14.8 Å². The fourth-order valence-electron chi connectivity index (χ4n) is 1.11. The van der Waals surface area contributed by atoms with Gasteiger partial charge >= 0.3 is 0 Å². The molecule has 2 rings (SSSR count). The fourth-order valence-corrected chi connectivity index (χ4v) is 1.11. The van der Waals surface area contributed by atoms with E-state index < -0.39 is 0 Å². The summed E-state index contributed by atoms with van der Waals surface area (Å²) in [6.07, 6.45) is 3.13. The number of rotatable bonds is 2. The van der Waals surface area contributed by atoms with E-state index in [1.165, 1.54) is 6.33 Å². The van der Waals surface area contributed by atoms with Crippen LogP contribution in [0.15, 0.2) is 49.6 Å². The predicted molar refractivity (Wildman–Crippen MR) is 50.9 cm³/mol. The third-order valence-corrected chi connectivity index (χ3v) is 1.80. The Kier molecular flexibility index (Phi) is 1.92. The summed E-state index contributed by atoms with van der Waals surface area (Å²) in [7, 11) is 0. The molecule has 0 amide bonds. The first-order valence-corrected chi connectivity index (χ1v) is 3.97. The first kappa shape index (κ1) is 7.73. The Hall–Kier alpha value is -1.90. The van der Waals surface area contributed by atoms with Crippen molar-refractivity contribution in [1.82, 2.24) is 14.8 Å². The molecule has 0 atom stereocenters. The lowest BCUT2D eigenvalue weighted by molar-refractivity contribution is 0.905. The Bertz CT molecular complexity index is 389. The minimum absolute atomic E-state index is 0.832. The third kappa shape index (κ3) is 1.49. The summed E-state index contributed by atoms with van der Waals surface area (Å²) in [6.45, 7) is 3.93. The molecule has 0 aliphatic carbocycles. The van der Waals surface area contributed by atoms with Gasteiger partial charge in [-0.25, -0.2) is 9.67 Å². The number of hydrogen-bond donors (Lipinski definition) is 0. The normalized spacial score (nSPS) is 9.85. The van der Waals surface area contributed by atoms with Crippen molar-refractivity contribution in [2.45, 2.75) is 0 Å². The minimum Gasteiger partial charge on any atom is -0.223 e. The first-order valence-electron chi connectivity index (χ1n) is 3.97. The lowest BCUT2D eigenvalue weighted by atomic mass is 10.2. The zero-order valence-electron chi connectivity index (χ0n) is 7.09. The zero-order valence-corrected chi connectivity index (χ0v) is 7.09. The van der Waals surface area contributed by atoms with Gasteiger partial charge in [-0.2, -0.15) is 5.10 Å². The van der Waals surface area contributed by atoms with Gasteiger partial charge < -0.3 is 0 Å². The lowest BCUT2D eigenvalue weighted by Crippen LogP contribution is -1.97. The van der Waals surface area contributed by atoms with Gasteiger partial charge in [-0.1, -0.05) is 36.9 Å². The topological polar surface area (TPSA) is 30.7 Å². The van der Waals surface area contributed by atoms with Crippen molar-refractivity contribution in [2.24, 2.45) is 0 Å². The fraction of sp³-hybridized carbons (Fsp3) is 0. The Balaban J connectivity index is 2.34. The molecule has 0 aliphatic heterocycles. The van der Waals surface area contributed by atoms with E-state index in [1.807, 2.05) is 30.3 Å². The Morgan fingerprint density at radius 2 is 2.00 bits per heavy atom. The molecule has 1 heterocycles. The quantitative estimate of drug-likeness (QED) is 0.689. The lowest BCUT2D eigenvalue weighted by Gasteiger charge is -2.03. The van der Waals surface area contributed by atoms with Crippen molar-refractivity contribution >= 4 is 5.70 Å². The van der Waals surface area contributed by atoms with E-state index in [2.05, 4.69) is 16.7 Å². The molecule has 13 heavy (non-hydrogen) atoms. The molecule has 0 saturated carbocycles. The van der Waals surface area contributed by atoms with Crippen LogP contribution in [0.1, 0.15) is 5.56 Å². The average molecular weight is 171 g/mol. The van der Waals surface area contributed by atoms with Gasteiger partial charge in [0.25, 0.3) is 0 Å². The van der Waals surface area contributed by atoms with Crippen molar-refractivity contribution in [3.63, 3.8) is 0 Å². The molecular weight excluding hydrogens is 162 g/mol. The van der Waals surface area contributed by atoms with E-state index in [-0.39, 0.29) is 0 Å². The van der Waals surface area contributed by atoms with Crippen LogP contribution in [0.25, 0.3) is 5.70 Å². The van der Waals surface area contributed by atoms with Crippen molar-refractivity contribution in [2.75, 3.05) is 0 Å². The number of benzene rings is 1. The second kappa shape index (κ2) is 3.23. The standard InChI is InChI=1S/C10H9N3/c1-9(13-8-11-7-12-13)10-5-3-2-4-6-10/h2-8H,1H2. The maximum Gasteiger partial charge on any atom is 0.138 e. The highest BCUT2D eigenvalue weighted by molar-refractivity contribution is 5.62. The van der Waals surface area contributed by atoms with Gasteiger partial charge in [-0.15, -0.1) is 0 Å². The van der Waals surface area contributed by atoms with Crippen LogP contribution in [0.4, 0.5) is 0 Å². The molecule has 0 radical (unpaired) electrons. The third-order valence-electron chi connectivity index (χ3n) is 1.80. The molecule has 0 unspecified atom stereocenters. The van der Waals surface area contributed by atoms with Gasteiger partial charge in [0.2, 0.25) is 0 Å². The summed E-state index contributed by atoms with van der Waals surface area (Å²) in [5, 5.41) is 4.00. The summed E-state index contributed by atoms with van der Waals surface area (Å²) in [6, 6.07) is 9.89. The smallest absolute Gasteiger partial charge is 0.138 e. The summed E-state index contributed by atoms with van der Waals surface area (Å²) in [5.74, 6) is 0. The van der Waals surface area contributed by atoms with Gasteiger partial charge in [0.05, 0.1) is 5.70 Å². The zero-order chi connectivity index (χ0) is 9.10. The van der Waals surface area contributed by atoms with Gasteiger partial charge in [0.15, 0.2) is 0 Å². The van der Waals surface area contributed by atoms with Gasteiger partial charge in [0.1, 0.15) is 12.7 Å². The molecule has 3 heteroatoms. The minimum atomic E-state index is 0.832. The van der Waals surface area contributed by atoms with Crippen LogP contribution < -0.4 is 0 Å². The highest BCUT2D eigenvalue weighted by atomic mass is 15.3. The molecule has 0 saturated heterocycles. The molecule has 1 aromatic heterocycles. The Morgan fingerprint density at radius 3 is 2.62 bits per heavy atom. The first-order chi connectivity index (χ1) is 6.38. The number of aromatic nitrogens is 3. The molecule has 0 fully saturated rings. The molecular formula is C10H9N3. The largest absolute Gasteiger partial charge is 0.223 e. The maximum atomic E-state index is 4.00. The second-order valence-corrected chi connectivity index (χ2v) is 2.65. The summed E-state index contributed by atoms with van der Waals surface area (Å²) >= 11 is 0. The molecule has 1 aromatic carbocycles.